The van der Waals surface area contributed by atoms with Crippen molar-refractivity contribution in [3.63, 3.8) is 0 Å². The minimum atomic E-state index is -4.84. The normalized spacial score (nSPS) is 15.9. The van der Waals surface area contributed by atoms with E-state index in [1.807, 2.05) is 0 Å². The van der Waals surface area contributed by atoms with Crippen molar-refractivity contribution >= 4 is 45.0 Å². The van der Waals surface area contributed by atoms with E-state index < -0.39 is 44.8 Å². The minimum absolute atomic E-state index is 0.0351. The summed E-state index contributed by atoms with van der Waals surface area (Å²) in [6.07, 6.45) is -7.10. The Morgan fingerprint density at radius 3 is 2.46 bits per heavy atom. The number of benzene rings is 2. The molecule has 2 aromatic carbocycles. The average Bonchev–Trinajstić information content (AvgIpc) is 2.77. The van der Waals surface area contributed by atoms with Crippen molar-refractivity contribution in [1.29, 1.82) is 0 Å². The fourth-order valence-electron chi connectivity index (χ4n) is 3.18. The average molecular weight is 568 g/mol. The Kier molecular flexibility index (Phi) is 7.84. The number of nitrogens with zero attached hydrogens (tertiary/aromatic N) is 1. The van der Waals surface area contributed by atoms with E-state index in [0.717, 1.165) is 28.6 Å². The van der Waals surface area contributed by atoms with E-state index in [-0.39, 0.29) is 41.0 Å². The second-order valence-electron chi connectivity index (χ2n) is 8.49. The van der Waals surface area contributed by atoms with Gasteiger partial charge in [-0.05, 0) is 50.2 Å². The van der Waals surface area contributed by atoms with Crippen LogP contribution in [-0.2, 0) is 19.6 Å². The van der Waals surface area contributed by atoms with Crippen LogP contribution in [0.5, 0.6) is 5.75 Å². The van der Waals surface area contributed by atoms with Crippen LogP contribution in [0.3, 0.4) is 0 Å². The summed E-state index contributed by atoms with van der Waals surface area (Å²) in [5, 5.41) is 4.22. The SMILES string of the molecule is CC(=O)NCC1CN(S(=O)(=O)c2ccc(F)c(Cl)c2)c2cc(NC(=O)OC(C)(C)C(F)(F)F)ccc2O1. The number of carbonyl (C=O) groups excluding carboxylic acids is 2. The van der Waals surface area contributed by atoms with Gasteiger partial charge in [0.1, 0.15) is 17.7 Å². The molecule has 1 unspecified atom stereocenters. The summed E-state index contributed by atoms with van der Waals surface area (Å²) < 4.78 is 90.9. The van der Waals surface area contributed by atoms with E-state index in [2.05, 4.69) is 15.4 Å². The van der Waals surface area contributed by atoms with Gasteiger partial charge in [0.15, 0.2) is 0 Å². The van der Waals surface area contributed by atoms with E-state index in [4.69, 9.17) is 16.3 Å². The lowest BCUT2D eigenvalue weighted by molar-refractivity contribution is -0.242. The highest BCUT2D eigenvalue weighted by Crippen LogP contribution is 2.40. The highest BCUT2D eigenvalue weighted by Gasteiger charge is 2.51. The number of hydrogen-bond acceptors (Lipinski definition) is 6. The van der Waals surface area contributed by atoms with Crippen LogP contribution in [-0.4, -0.2) is 51.4 Å². The monoisotopic (exact) mass is 567 g/mol. The molecule has 15 heteroatoms. The second-order valence-corrected chi connectivity index (χ2v) is 10.8. The summed E-state index contributed by atoms with van der Waals surface area (Å²) in [6.45, 7) is 2.25. The topological polar surface area (TPSA) is 114 Å². The van der Waals surface area contributed by atoms with Gasteiger partial charge in [-0.1, -0.05) is 11.6 Å². The fourth-order valence-corrected chi connectivity index (χ4v) is 4.95. The van der Waals surface area contributed by atoms with Crippen LogP contribution in [0.2, 0.25) is 5.02 Å². The largest absolute Gasteiger partial charge is 0.484 e. The molecule has 1 heterocycles. The number of anilines is 2. The van der Waals surface area contributed by atoms with Gasteiger partial charge < -0.3 is 14.8 Å². The zero-order valence-corrected chi connectivity index (χ0v) is 21.2. The molecule has 0 radical (unpaired) electrons. The molecule has 3 rings (SSSR count). The van der Waals surface area contributed by atoms with Crippen LogP contribution in [0.1, 0.15) is 20.8 Å². The Morgan fingerprint density at radius 2 is 1.86 bits per heavy atom. The number of ether oxygens (including phenoxy) is 2. The maximum atomic E-state index is 13.6. The summed E-state index contributed by atoms with van der Waals surface area (Å²) in [7, 11) is -4.38. The second kappa shape index (κ2) is 10.2. The first-order chi connectivity index (χ1) is 17.0. The molecule has 2 N–H and O–H groups in total. The van der Waals surface area contributed by atoms with Crippen LogP contribution in [0.15, 0.2) is 41.3 Å². The molecule has 202 valence electrons. The van der Waals surface area contributed by atoms with Crippen molar-refractivity contribution in [3.8, 4) is 5.75 Å². The summed E-state index contributed by atoms with van der Waals surface area (Å²) in [6, 6.07) is 6.52. The number of fused-ring (bicyclic) bond motifs is 1. The Balaban J connectivity index is 1.97. The summed E-state index contributed by atoms with van der Waals surface area (Å²) >= 11 is 5.77. The van der Waals surface area contributed by atoms with Crippen molar-refractivity contribution in [1.82, 2.24) is 5.32 Å². The third-order valence-electron chi connectivity index (χ3n) is 5.23. The summed E-state index contributed by atoms with van der Waals surface area (Å²) in [5.41, 5.74) is -2.96. The molecule has 1 atom stereocenters. The predicted octanol–water partition coefficient (Wildman–Crippen LogP) is 4.46. The lowest BCUT2D eigenvalue weighted by Gasteiger charge is -2.36. The van der Waals surface area contributed by atoms with Crippen molar-refractivity contribution in [2.24, 2.45) is 0 Å². The number of hydrogen-bond donors (Lipinski definition) is 2. The van der Waals surface area contributed by atoms with Crippen LogP contribution >= 0.6 is 11.6 Å². The van der Waals surface area contributed by atoms with Crippen molar-refractivity contribution < 1.29 is 45.0 Å². The lowest BCUT2D eigenvalue weighted by Crippen LogP contribution is -2.48. The van der Waals surface area contributed by atoms with Gasteiger partial charge in [0.25, 0.3) is 10.0 Å². The first-order valence-corrected chi connectivity index (χ1v) is 12.4. The third kappa shape index (κ3) is 6.36. The lowest BCUT2D eigenvalue weighted by atomic mass is 10.1. The van der Waals surface area contributed by atoms with E-state index in [1.54, 1.807) is 0 Å². The molecular formula is C22H22ClF4N3O6S. The number of sulfonamides is 1. The maximum Gasteiger partial charge on any atom is 0.427 e. The number of rotatable bonds is 6. The van der Waals surface area contributed by atoms with Gasteiger partial charge >= 0.3 is 12.3 Å². The molecule has 0 bridgehead atoms. The molecule has 0 aliphatic carbocycles. The van der Waals surface area contributed by atoms with E-state index in [9.17, 15) is 35.6 Å². The molecule has 0 spiro atoms. The van der Waals surface area contributed by atoms with Gasteiger partial charge in [-0.3, -0.25) is 14.4 Å². The smallest absolute Gasteiger partial charge is 0.427 e. The van der Waals surface area contributed by atoms with Gasteiger partial charge in [-0.25, -0.2) is 17.6 Å². The van der Waals surface area contributed by atoms with E-state index in [0.29, 0.717) is 13.8 Å². The quantitative estimate of drug-likeness (QED) is 0.498. The van der Waals surface area contributed by atoms with Crippen LogP contribution in [0.25, 0.3) is 0 Å². The first-order valence-electron chi connectivity index (χ1n) is 10.6. The standard InChI is InChI=1S/C22H22ClF4N3O6S/c1-12(31)28-10-14-11-30(37(33,34)15-5-6-17(24)16(23)9-15)18-8-13(4-7-19(18)35-14)29-20(32)36-21(2,3)22(25,26)27/h4-9,14H,10-11H2,1-3H3,(H,28,31)(H,29,32). The van der Waals surface area contributed by atoms with Crippen molar-refractivity contribution in [2.75, 3.05) is 22.7 Å². The highest BCUT2D eigenvalue weighted by molar-refractivity contribution is 7.92. The summed E-state index contributed by atoms with van der Waals surface area (Å²) in [4.78, 5) is 23.1. The van der Waals surface area contributed by atoms with E-state index >= 15 is 0 Å². The molecule has 2 amide bonds. The molecule has 37 heavy (non-hydrogen) atoms. The zero-order valence-electron chi connectivity index (χ0n) is 19.7. The maximum absolute atomic E-state index is 13.6. The number of carbonyl (C=O) groups is 2. The Hall–Kier alpha value is -3.26. The molecule has 9 nitrogen and oxygen atoms in total. The van der Waals surface area contributed by atoms with Crippen molar-refractivity contribution in [2.45, 2.75) is 43.5 Å². The van der Waals surface area contributed by atoms with Gasteiger partial charge in [0.2, 0.25) is 11.5 Å². The fraction of sp³-hybridized carbons (Fsp3) is 0.364. The minimum Gasteiger partial charge on any atom is -0.484 e. The first kappa shape index (κ1) is 28.3. The number of alkyl halides is 3. The van der Waals surface area contributed by atoms with Gasteiger partial charge in [0, 0.05) is 12.6 Å². The van der Waals surface area contributed by atoms with Crippen LogP contribution < -0.4 is 19.7 Å². The molecule has 1 aliphatic heterocycles. The van der Waals surface area contributed by atoms with Crippen molar-refractivity contribution in [3.05, 3.63) is 47.2 Å². The third-order valence-corrected chi connectivity index (χ3v) is 7.29. The Morgan fingerprint density at radius 1 is 1.19 bits per heavy atom. The molecule has 0 aromatic heterocycles. The Bertz CT molecular complexity index is 1320. The van der Waals surface area contributed by atoms with Crippen LogP contribution in [0, 0.1) is 5.82 Å². The molecular weight excluding hydrogens is 546 g/mol. The van der Waals surface area contributed by atoms with Gasteiger partial charge in [0.05, 0.1) is 28.7 Å². The number of halogens is 5. The number of nitrogens with one attached hydrogen (secondary N) is 2. The molecule has 0 saturated carbocycles. The molecule has 1 aliphatic rings. The van der Waals surface area contributed by atoms with Gasteiger partial charge in [-0.15, -0.1) is 0 Å². The molecule has 0 fully saturated rings. The zero-order chi connectivity index (χ0) is 27.8. The van der Waals surface area contributed by atoms with Gasteiger partial charge in [-0.2, -0.15) is 13.2 Å². The molecule has 0 saturated heterocycles. The van der Waals surface area contributed by atoms with Crippen LogP contribution in [0.4, 0.5) is 33.7 Å². The summed E-state index contributed by atoms with van der Waals surface area (Å²) in [5.74, 6) is -1.18. The highest BCUT2D eigenvalue weighted by atomic mass is 35.5. The Labute approximate surface area is 214 Å². The number of amides is 2. The predicted molar refractivity (Wildman–Crippen MR) is 126 cm³/mol. The molecule has 2 aromatic rings. The van der Waals surface area contributed by atoms with E-state index in [1.165, 1.54) is 19.1 Å².